The first-order valence-corrected chi connectivity index (χ1v) is 22.9. The SMILES string of the molecule is CCC/C=C/CC/C=C/CC/C=C/C(O)C(CO)NC(=O)CCCCCCCCCCCCCCCCCCC/C=C\CCCCCCCCCC. The predicted molar refractivity (Wildman–Crippen MR) is 230 cm³/mol. The number of aliphatic hydroxyl groups excluding tert-OH is 2. The van der Waals surface area contributed by atoms with Crippen LogP contribution in [-0.4, -0.2) is 34.9 Å². The van der Waals surface area contributed by atoms with Crippen molar-refractivity contribution >= 4 is 5.91 Å². The van der Waals surface area contributed by atoms with E-state index in [1.165, 1.54) is 167 Å². The minimum atomic E-state index is -0.867. The molecule has 3 N–H and O–H groups in total. The predicted octanol–water partition coefficient (Wildman–Crippen LogP) is 14.4. The van der Waals surface area contributed by atoms with Gasteiger partial charge in [0.1, 0.15) is 0 Å². The number of aliphatic hydroxyl groups is 2. The molecule has 0 fully saturated rings. The van der Waals surface area contributed by atoms with Gasteiger partial charge in [-0.25, -0.2) is 0 Å². The number of unbranched alkanes of at least 4 members (excludes halogenated alkanes) is 28. The van der Waals surface area contributed by atoms with Gasteiger partial charge in [0.15, 0.2) is 0 Å². The Balaban J connectivity index is 3.47. The molecule has 52 heavy (non-hydrogen) atoms. The highest BCUT2D eigenvalue weighted by atomic mass is 16.3. The van der Waals surface area contributed by atoms with E-state index in [0.29, 0.717) is 6.42 Å². The molecule has 0 aromatic carbocycles. The van der Waals surface area contributed by atoms with Crippen molar-refractivity contribution in [1.29, 1.82) is 0 Å². The molecule has 0 aliphatic carbocycles. The maximum Gasteiger partial charge on any atom is 0.220 e. The fraction of sp³-hybridized carbons (Fsp3) is 0.812. The second-order valence-electron chi connectivity index (χ2n) is 15.4. The molecule has 0 aliphatic heterocycles. The Labute approximate surface area is 324 Å². The molecule has 0 rings (SSSR count). The molecule has 0 bridgehead atoms. The summed E-state index contributed by atoms with van der Waals surface area (Å²) in [7, 11) is 0. The lowest BCUT2D eigenvalue weighted by atomic mass is 10.0. The molecule has 0 aromatic heterocycles. The molecule has 0 radical (unpaired) electrons. The molecule has 0 aliphatic rings. The summed E-state index contributed by atoms with van der Waals surface area (Å²) < 4.78 is 0. The van der Waals surface area contributed by atoms with Crippen molar-refractivity contribution in [1.82, 2.24) is 5.32 Å². The first kappa shape index (κ1) is 50.4. The van der Waals surface area contributed by atoms with Gasteiger partial charge >= 0.3 is 0 Å². The number of hydrogen-bond acceptors (Lipinski definition) is 3. The number of rotatable bonds is 41. The Hall–Kier alpha value is -1.65. The first-order valence-electron chi connectivity index (χ1n) is 22.9. The molecule has 0 saturated carbocycles. The largest absolute Gasteiger partial charge is 0.394 e. The van der Waals surface area contributed by atoms with Gasteiger partial charge in [0.2, 0.25) is 5.91 Å². The van der Waals surface area contributed by atoms with Crippen molar-refractivity contribution < 1.29 is 15.0 Å². The van der Waals surface area contributed by atoms with Crippen molar-refractivity contribution in [3.05, 3.63) is 48.6 Å². The number of amides is 1. The van der Waals surface area contributed by atoms with Gasteiger partial charge in [-0.3, -0.25) is 4.79 Å². The topological polar surface area (TPSA) is 69.6 Å². The fourth-order valence-corrected chi connectivity index (χ4v) is 6.74. The van der Waals surface area contributed by atoms with Gasteiger partial charge < -0.3 is 15.5 Å². The molecule has 0 aromatic rings. The number of hydrogen-bond donors (Lipinski definition) is 3. The van der Waals surface area contributed by atoms with E-state index < -0.39 is 12.1 Å². The summed E-state index contributed by atoms with van der Waals surface area (Å²) in [5.74, 6) is -0.0786. The van der Waals surface area contributed by atoms with E-state index in [0.717, 1.165) is 44.9 Å². The van der Waals surface area contributed by atoms with Crippen molar-refractivity contribution in [2.24, 2.45) is 0 Å². The van der Waals surface area contributed by atoms with Gasteiger partial charge in [0, 0.05) is 6.42 Å². The van der Waals surface area contributed by atoms with Crippen molar-refractivity contribution in [2.45, 2.75) is 244 Å². The van der Waals surface area contributed by atoms with Crippen LogP contribution in [0, 0.1) is 0 Å². The Bertz CT molecular complexity index is 831. The Morgan fingerprint density at radius 1 is 0.442 bits per heavy atom. The number of nitrogens with one attached hydrogen (secondary N) is 1. The molecule has 0 heterocycles. The van der Waals surface area contributed by atoms with Gasteiger partial charge in [0.25, 0.3) is 0 Å². The lowest BCUT2D eigenvalue weighted by Crippen LogP contribution is -2.45. The Morgan fingerprint density at radius 3 is 1.19 bits per heavy atom. The maximum atomic E-state index is 12.4. The van der Waals surface area contributed by atoms with Crippen LogP contribution in [0.1, 0.15) is 232 Å². The molecule has 0 saturated heterocycles. The number of carbonyl (C=O) groups excluding carboxylic acids is 1. The zero-order valence-electron chi connectivity index (χ0n) is 34.8. The number of carbonyl (C=O) groups is 1. The highest BCUT2D eigenvalue weighted by molar-refractivity contribution is 5.76. The average molecular weight is 728 g/mol. The van der Waals surface area contributed by atoms with Crippen molar-refractivity contribution in [3.8, 4) is 0 Å². The van der Waals surface area contributed by atoms with Gasteiger partial charge in [-0.2, -0.15) is 0 Å². The molecule has 0 spiro atoms. The highest BCUT2D eigenvalue weighted by Crippen LogP contribution is 2.15. The Morgan fingerprint density at radius 2 is 0.788 bits per heavy atom. The van der Waals surface area contributed by atoms with Crippen LogP contribution >= 0.6 is 0 Å². The Kier molecular flexibility index (Phi) is 42.4. The standard InChI is InChI=1S/C48H89NO3/c1-3-5-7-9-11-13-15-16-17-18-19-20-21-22-23-24-25-26-27-28-29-30-31-32-34-36-38-40-42-44-48(52)49-46(45-50)47(51)43-41-39-37-35-33-14-12-10-8-6-4-2/h8,10,18-19,33,35,41,43,46-47,50-51H,3-7,9,11-17,20-32,34,36-40,42,44-45H2,1-2H3,(H,49,52)/b10-8+,19-18-,35-33+,43-41+. The van der Waals surface area contributed by atoms with E-state index in [1.54, 1.807) is 6.08 Å². The highest BCUT2D eigenvalue weighted by Gasteiger charge is 2.17. The van der Waals surface area contributed by atoms with Crippen molar-refractivity contribution in [3.63, 3.8) is 0 Å². The second-order valence-corrected chi connectivity index (χ2v) is 15.4. The molecule has 1 amide bonds. The molecule has 4 nitrogen and oxygen atoms in total. The fourth-order valence-electron chi connectivity index (χ4n) is 6.74. The smallest absolute Gasteiger partial charge is 0.220 e. The van der Waals surface area contributed by atoms with Gasteiger partial charge in [-0.15, -0.1) is 0 Å². The third kappa shape index (κ3) is 39.6. The van der Waals surface area contributed by atoms with Crippen LogP contribution in [0.2, 0.25) is 0 Å². The monoisotopic (exact) mass is 728 g/mol. The normalized spacial score (nSPS) is 13.4. The second kappa shape index (κ2) is 43.8. The molecule has 304 valence electrons. The van der Waals surface area contributed by atoms with Gasteiger partial charge in [-0.05, 0) is 64.2 Å². The van der Waals surface area contributed by atoms with E-state index in [4.69, 9.17) is 0 Å². The van der Waals surface area contributed by atoms with Crippen LogP contribution in [-0.2, 0) is 4.79 Å². The average Bonchev–Trinajstić information content (AvgIpc) is 3.15. The summed E-state index contributed by atoms with van der Waals surface area (Å²) in [6.07, 6.45) is 59.6. The van der Waals surface area contributed by atoms with Crippen molar-refractivity contribution in [2.75, 3.05) is 6.61 Å². The lowest BCUT2D eigenvalue weighted by Gasteiger charge is -2.19. The van der Waals surface area contributed by atoms with E-state index in [1.807, 2.05) is 6.08 Å². The lowest BCUT2D eigenvalue weighted by molar-refractivity contribution is -0.123. The summed E-state index contributed by atoms with van der Waals surface area (Å²) in [6, 6.07) is -0.643. The number of allylic oxidation sites excluding steroid dienone is 7. The summed E-state index contributed by atoms with van der Waals surface area (Å²) in [5, 5.41) is 22.9. The minimum Gasteiger partial charge on any atom is -0.394 e. The summed E-state index contributed by atoms with van der Waals surface area (Å²) in [4.78, 5) is 12.4. The molecular weight excluding hydrogens is 639 g/mol. The molecule has 4 heteroatoms. The van der Waals surface area contributed by atoms with Crippen LogP contribution in [0.15, 0.2) is 48.6 Å². The van der Waals surface area contributed by atoms with Crippen LogP contribution in [0.4, 0.5) is 0 Å². The van der Waals surface area contributed by atoms with E-state index in [-0.39, 0.29) is 12.5 Å². The zero-order valence-corrected chi connectivity index (χ0v) is 34.8. The van der Waals surface area contributed by atoms with E-state index in [2.05, 4.69) is 55.6 Å². The van der Waals surface area contributed by atoms with Crippen LogP contribution in [0.25, 0.3) is 0 Å². The van der Waals surface area contributed by atoms with Gasteiger partial charge in [0.05, 0.1) is 18.8 Å². The van der Waals surface area contributed by atoms with E-state index in [9.17, 15) is 15.0 Å². The zero-order chi connectivity index (χ0) is 37.8. The van der Waals surface area contributed by atoms with Crippen LogP contribution in [0.3, 0.4) is 0 Å². The minimum absolute atomic E-state index is 0.0786. The molecule has 2 atom stereocenters. The first-order chi connectivity index (χ1) is 25.7. The van der Waals surface area contributed by atoms with E-state index >= 15 is 0 Å². The third-order valence-corrected chi connectivity index (χ3v) is 10.2. The molecule has 2 unspecified atom stereocenters. The molecular formula is C48H89NO3. The maximum absolute atomic E-state index is 12.4. The quantitative estimate of drug-likeness (QED) is 0.0434. The van der Waals surface area contributed by atoms with Crippen LogP contribution in [0.5, 0.6) is 0 Å². The van der Waals surface area contributed by atoms with Crippen LogP contribution < -0.4 is 5.32 Å². The van der Waals surface area contributed by atoms with Gasteiger partial charge in [-0.1, -0.05) is 210 Å². The summed E-state index contributed by atoms with van der Waals surface area (Å²) in [6.45, 7) is 4.22. The summed E-state index contributed by atoms with van der Waals surface area (Å²) in [5.41, 5.74) is 0. The third-order valence-electron chi connectivity index (χ3n) is 10.2. The summed E-state index contributed by atoms with van der Waals surface area (Å²) >= 11 is 0.